The summed E-state index contributed by atoms with van der Waals surface area (Å²) in [6, 6.07) is -0.980. The second kappa shape index (κ2) is 47.5. The maximum atomic E-state index is 13.4. The van der Waals surface area contributed by atoms with Crippen molar-refractivity contribution >= 4 is 5.91 Å². The number of hydrogen-bond donors (Lipinski definition) is 12. The van der Waals surface area contributed by atoms with E-state index < -0.39 is 124 Å². The maximum absolute atomic E-state index is 13.4. The van der Waals surface area contributed by atoms with Crippen molar-refractivity contribution in [3.8, 4) is 0 Å². The number of rotatable bonds is 48. The van der Waals surface area contributed by atoms with Gasteiger partial charge in [-0.1, -0.05) is 209 Å². The van der Waals surface area contributed by atoms with Crippen molar-refractivity contribution in [2.45, 2.75) is 317 Å². The normalized spacial score (nSPS) is 29.6. The number of nitrogens with one attached hydrogen (secondary N) is 1. The number of aliphatic hydroxyl groups excluding tert-OH is 11. The van der Waals surface area contributed by atoms with Gasteiger partial charge in [0, 0.05) is 6.42 Å². The number of hydrogen-bond acceptors (Lipinski definition) is 18. The SMILES string of the molecule is CC/C=C\C/C=C\C/C=C\C/C=C\CCCCCCCCCCC(=O)NC(COC1OC(CO)C(OC2OC(CO)C(OC3OC(CO)C(O)C(O)C3O)C(O)C2O)C(O)C1O)C(O)/C=C/CCCCCCCCCCCCCCCCCC. The Labute approximate surface area is 503 Å². The molecule has 3 saturated heterocycles. The van der Waals surface area contributed by atoms with Crippen LogP contribution in [-0.4, -0.2) is 193 Å². The highest BCUT2D eigenvalue weighted by Crippen LogP contribution is 2.33. The summed E-state index contributed by atoms with van der Waals surface area (Å²) in [5, 5.41) is 120. The van der Waals surface area contributed by atoms with E-state index >= 15 is 0 Å². The molecule has 0 aliphatic carbocycles. The monoisotopic (exact) mass is 1200 g/mol. The summed E-state index contributed by atoms with van der Waals surface area (Å²) in [5.41, 5.74) is 0. The molecular weight excluding hydrogens is 1080 g/mol. The third kappa shape index (κ3) is 30.1. The van der Waals surface area contributed by atoms with Crippen molar-refractivity contribution in [2.75, 3.05) is 26.4 Å². The highest BCUT2D eigenvalue weighted by atomic mass is 16.8. The Balaban J connectivity index is 1.48. The zero-order chi connectivity index (χ0) is 61.2. The summed E-state index contributed by atoms with van der Waals surface area (Å²) in [7, 11) is 0. The molecule has 12 N–H and O–H groups in total. The second-order valence-electron chi connectivity index (χ2n) is 23.2. The maximum Gasteiger partial charge on any atom is 0.220 e. The summed E-state index contributed by atoms with van der Waals surface area (Å²) >= 11 is 0. The molecule has 3 fully saturated rings. The first-order valence-corrected chi connectivity index (χ1v) is 32.5. The molecule has 3 aliphatic heterocycles. The minimum atomic E-state index is -1.98. The fourth-order valence-corrected chi connectivity index (χ4v) is 10.8. The Hall–Kier alpha value is -2.51. The lowest BCUT2D eigenvalue weighted by atomic mass is 9.96. The molecular formula is C65H115NO18. The molecule has 0 bridgehead atoms. The largest absolute Gasteiger partial charge is 0.394 e. The van der Waals surface area contributed by atoms with Crippen LogP contribution in [0.2, 0.25) is 0 Å². The van der Waals surface area contributed by atoms with E-state index in [4.69, 9.17) is 28.4 Å². The first-order valence-electron chi connectivity index (χ1n) is 32.5. The first kappa shape index (κ1) is 75.7. The molecule has 0 saturated carbocycles. The van der Waals surface area contributed by atoms with Gasteiger partial charge in [-0.05, 0) is 57.8 Å². The van der Waals surface area contributed by atoms with Crippen molar-refractivity contribution in [3.05, 3.63) is 60.8 Å². The lowest BCUT2D eigenvalue weighted by molar-refractivity contribution is -0.379. The Morgan fingerprint density at radius 1 is 0.440 bits per heavy atom. The third-order valence-corrected chi connectivity index (χ3v) is 16.1. The van der Waals surface area contributed by atoms with Gasteiger partial charge in [0.05, 0.1) is 38.6 Å². The van der Waals surface area contributed by atoms with E-state index in [9.17, 15) is 61.0 Å². The summed E-state index contributed by atoms with van der Waals surface area (Å²) in [6.45, 7) is 1.61. The van der Waals surface area contributed by atoms with Gasteiger partial charge in [-0.3, -0.25) is 4.79 Å². The number of amides is 1. The van der Waals surface area contributed by atoms with E-state index in [-0.39, 0.29) is 18.9 Å². The fraction of sp³-hybridized carbons (Fsp3) is 0.831. The number of carbonyl (C=O) groups excluding carboxylic acids is 1. The highest BCUT2D eigenvalue weighted by molar-refractivity contribution is 5.76. The van der Waals surface area contributed by atoms with Crippen LogP contribution in [0.4, 0.5) is 0 Å². The number of aliphatic hydroxyl groups is 11. The summed E-state index contributed by atoms with van der Waals surface area (Å²) in [4.78, 5) is 13.4. The van der Waals surface area contributed by atoms with Gasteiger partial charge in [0.25, 0.3) is 0 Å². The van der Waals surface area contributed by atoms with Gasteiger partial charge >= 0.3 is 0 Å². The van der Waals surface area contributed by atoms with Gasteiger partial charge < -0.3 is 89.9 Å². The van der Waals surface area contributed by atoms with Crippen LogP contribution < -0.4 is 5.32 Å². The van der Waals surface area contributed by atoms with Gasteiger partial charge in [-0.2, -0.15) is 0 Å². The molecule has 0 aromatic heterocycles. The predicted octanol–water partition coefficient (Wildman–Crippen LogP) is 7.21. The Bertz CT molecular complexity index is 1770. The number of unbranched alkanes of at least 4 members (excludes halogenated alkanes) is 24. The van der Waals surface area contributed by atoms with Gasteiger partial charge in [0.1, 0.15) is 73.2 Å². The number of carbonyl (C=O) groups is 1. The van der Waals surface area contributed by atoms with Crippen molar-refractivity contribution in [2.24, 2.45) is 0 Å². The molecule has 17 atom stereocenters. The van der Waals surface area contributed by atoms with Crippen LogP contribution in [0, 0.1) is 0 Å². The predicted molar refractivity (Wildman–Crippen MR) is 323 cm³/mol. The van der Waals surface area contributed by atoms with Crippen LogP contribution in [0.5, 0.6) is 0 Å². The van der Waals surface area contributed by atoms with E-state index in [0.717, 1.165) is 83.5 Å². The van der Waals surface area contributed by atoms with E-state index in [0.29, 0.717) is 6.42 Å². The molecule has 17 unspecified atom stereocenters. The minimum absolute atomic E-state index is 0.232. The fourth-order valence-electron chi connectivity index (χ4n) is 10.8. The van der Waals surface area contributed by atoms with E-state index in [2.05, 4.69) is 67.8 Å². The summed E-state index contributed by atoms with van der Waals surface area (Å²) in [5.74, 6) is -0.285. The minimum Gasteiger partial charge on any atom is -0.394 e. The second-order valence-corrected chi connectivity index (χ2v) is 23.2. The van der Waals surface area contributed by atoms with Crippen LogP contribution in [0.25, 0.3) is 0 Å². The third-order valence-electron chi connectivity index (χ3n) is 16.1. The molecule has 0 aromatic carbocycles. The molecule has 19 nitrogen and oxygen atoms in total. The smallest absolute Gasteiger partial charge is 0.220 e. The quantitative estimate of drug-likeness (QED) is 0.0211. The Morgan fingerprint density at radius 3 is 1.29 bits per heavy atom. The van der Waals surface area contributed by atoms with Crippen molar-refractivity contribution in [1.29, 1.82) is 0 Å². The standard InChI is InChI=1S/C65H115NO18/c1-3-5-7-9-11-13-15-17-19-21-23-24-25-27-29-31-33-35-37-39-41-43-53(71)66-48(49(70)42-40-38-36-34-32-30-28-26-22-20-18-16-14-12-10-8-6-4-2)47-79-63-59(77)56(74)61(51(45-68)81-63)84-65-60(78)57(75)62(52(46-69)82-65)83-64-58(76)55(73)54(72)50(44-67)80-64/h5,7,11,13,17,19,23-24,40,42,48-52,54-65,67-70,72-78H,3-4,6,8-10,12,14-16,18,20-22,25-39,41,43-47H2,1-2H3,(H,66,71)/b7-5-,13-11-,19-17-,24-23-,42-40+. The van der Waals surface area contributed by atoms with Crippen molar-refractivity contribution in [3.63, 3.8) is 0 Å². The molecule has 0 radical (unpaired) electrons. The molecule has 84 heavy (non-hydrogen) atoms. The average Bonchev–Trinajstić information content (AvgIpc) is 2.76. The molecule has 0 spiro atoms. The van der Waals surface area contributed by atoms with Crippen LogP contribution in [0.15, 0.2) is 60.8 Å². The molecule has 3 heterocycles. The number of ether oxygens (including phenoxy) is 6. The lowest BCUT2D eigenvalue weighted by Crippen LogP contribution is -2.66. The van der Waals surface area contributed by atoms with Crippen LogP contribution >= 0.6 is 0 Å². The first-order chi connectivity index (χ1) is 40.8. The highest BCUT2D eigenvalue weighted by Gasteiger charge is 2.53. The van der Waals surface area contributed by atoms with Crippen LogP contribution in [0.1, 0.15) is 213 Å². The zero-order valence-corrected chi connectivity index (χ0v) is 51.1. The summed E-state index contributed by atoms with van der Waals surface area (Å²) < 4.78 is 34.3. The Kier molecular flexibility index (Phi) is 42.8. The molecule has 0 aromatic rings. The Morgan fingerprint density at radius 2 is 0.821 bits per heavy atom. The van der Waals surface area contributed by atoms with E-state index in [1.807, 2.05) is 6.08 Å². The van der Waals surface area contributed by atoms with E-state index in [1.165, 1.54) is 103 Å². The zero-order valence-electron chi connectivity index (χ0n) is 51.1. The van der Waals surface area contributed by atoms with Gasteiger partial charge in [-0.15, -0.1) is 0 Å². The summed E-state index contributed by atoms with van der Waals surface area (Å²) in [6.07, 6.45) is 29.0. The topological polar surface area (TPSA) is 307 Å². The van der Waals surface area contributed by atoms with Crippen LogP contribution in [0.3, 0.4) is 0 Å². The molecule has 1 amide bonds. The average molecular weight is 1200 g/mol. The lowest BCUT2D eigenvalue weighted by Gasteiger charge is -2.48. The van der Waals surface area contributed by atoms with Gasteiger partial charge in [0.15, 0.2) is 18.9 Å². The van der Waals surface area contributed by atoms with Crippen molar-refractivity contribution < 1.29 is 89.4 Å². The van der Waals surface area contributed by atoms with Gasteiger partial charge in [-0.25, -0.2) is 0 Å². The molecule has 488 valence electrons. The van der Waals surface area contributed by atoms with Crippen molar-refractivity contribution in [1.82, 2.24) is 5.32 Å². The van der Waals surface area contributed by atoms with Crippen LogP contribution in [-0.2, 0) is 33.2 Å². The van der Waals surface area contributed by atoms with E-state index in [1.54, 1.807) is 6.08 Å². The number of allylic oxidation sites excluding steroid dienone is 9. The molecule has 3 aliphatic rings. The molecule has 19 heteroatoms. The molecule has 3 rings (SSSR count). The van der Waals surface area contributed by atoms with Gasteiger partial charge in [0.2, 0.25) is 5.91 Å².